The van der Waals surface area contributed by atoms with E-state index in [1.807, 2.05) is 49.5 Å². The van der Waals surface area contributed by atoms with Crippen molar-refractivity contribution >= 4 is 16.7 Å². The van der Waals surface area contributed by atoms with Gasteiger partial charge in [-0.05, 0) is 36.2 Å². The first-order valence-electron chi connectivity index (χ1n) is 8.16. The highest BCUT2D eigenvalue weighted by atomic mass is 16.1. The Morgan fingerprint density at radius 2 is 1.80 bits per heavy atom. The molecule has 0 saturated heterocycles. The number of aromatic amines is 2. The minimum atomic E-state index is -0.194. The van der Waals surface area contributed by atoms with Crippen LogP contribution in [0.3, 0.4) is 0 Å². The number of imidazole rings is 1. The molecule has 0 atom stereocenters. The van der Waals surface area contributed by atoms with Gasteiger partial charge in [-0.3, -0.25) is 4.98 Å². The topological polar surface area (TPSA) is 73.6 Å². The van der Waals surface area contributed by atoms with Crippen molar-refractivity contribution in [2.75, 3.05) is 5.32 Å². The zero-order chi connectivity index (χ0) is 17.2. The summed E-state index contributed by atoms with van der Waals surface area (Å²) >= 11 is 0. The Morgan fingerprint density at radius 1 is 1.00 bits per heavy atom. The highest BCUT2D eigenvalue weighted by Gasteiger charge is 2.07. The van der Waals surface area contributed by atoms with Gasteiger partial charge in [-0.1, -0.05) is 36.4 Å². The number of anilines is 1. The quantitative estimate of drug-likeness (QED) is 0.532. The number of H-pyrrole nitrogens is 2. The van der Waals surface area contributed by atoms with Crippen LogP contribution in [-0.4, -0.2) is 15.0 Å². The molecular weight excluding hydrogens is 312 g/mol. The Balaban J connectivity index is 1.65. The van der Waals surface area contributed by atoms with Gasteiger partial charge in [0.2, 0.25) is 0 Å². The van der Waals surface area contributed by atoms with Gasteiger partial charge in [0, 0.05) is 17.8 Å². The number of pyridine rings is 1. The van der Waals surface area contributed by atoms with Crippen molar-refractivity contribution in [3.8, 4) is 11.1 Å². The highest BCUT2D eigenvalue weighted by Crippen LogP contribution is 2.27. The summed E-state index contributed by atoms with van der Waals surface area (Å²) in [5, 5.41) is 3.41. The molecule has 0 aliphatic rings. The van der Waals surface area contributed by atoms with E-state index in [1.54, 1.807) is 0 Å². The van der Waals surface area contributed by atoms with E-state index in [0.29, 0.717) is 0 Å². The normalized spacial score (nSPS) is 10.9. The van der Waals surface area contributed by atoms with E-state index in [1.165, 1.54) is 5.56 Å². The molecule has 4 aromatic rings. The van der Waals surface area contributed by atoms with Gasteiger partial charge in [0.1, 0.15) is 0 Å². The minimum absolute atomic E-state index is 0.194. The lowest BCUT2D eigenvalue weighted by Crippen LogP contribution is -2.00. The molecule has 124 valence electrons. The Kier molecular flexibility index (Phi) is 3.82. The van der Waals surface area contributed by atoms with Gasteiger partial charge in [-0.2, -0.15) is 0 Å². The number of rotatable bonds is 4. The fourth-order valence-corrected chi connectivity index (χ4v) is 2.92. The van der Waals surface area contributed by atoms with Crippen molar-refractivity contribution in [1.29, 1.82) is 0 Å². The number of benzene rings is 2. The molecule has 2 aromatic carbocycles. The van der Waals surface area contributed by atoms with Crippen LogP contribution in [0.25, 0.3) is 22.2 Å². The summed E-state index contributed by atoms with van der Waals surface area (Å²) in [5.41, 5.74) is 6.60. The van der Waals surface area contributed by atoms with Crippen LogP contribution in [0.15, 0.2) is 65.6 Å². The van der Waals surface area contributed by atoms with Crippen LogP contribution >= 0.6 is 0 Å². The van der Waals surface area contributed by atoms with E-state index in [-0.39, 0.29) is 5.69 Å². The second-order valence-electron chi connectivity index (χ2n) is 6.04. The molecule has 2 heterocycles. The van der Waals surface area contributed by atoms with Crippen LogP contribution < -0.4 is 11.0 Å². The average Bonchev–Trinajstić information content (AvgIpc) is 3.01. The number of hydrogen-bond acceptors (Lipinski definition) is 3. The molecule has 0 amide bonds. The monoisotopic (exact) mass is 330 g/mol. The van der Waals surface area contributed by atoms with Crippen molar-refractivity contribution in [1.82, 2.24) is 15.0 Å². The molecule has 0 spiro atoms. The van der Waals surface area contributed by atoms with Gasteiger partial charge in [-0.25, -0.2) is 4.79 Å². The first-order valence-corrected chi connectivity index (χ1v) is 8.16. The second kappa shape index (κ2) is 6.28. The maximum Gasteiger partial charge on any atom is 0.323 e. The van der Waals surface area contributed by atoms with Gasteiger partial charge in [0.05, 0.1) is 22.9 Å². The molecule has 3 N–H and O–H groups in total. The second-order valence-corrected chi connectivity index (χ2v) is 6.04. The molecular formula is C20H18N4O. The number of nitrogens with one attached hydrogen (secondary N) is 3. The predicted molar refractivity (Wildman–Crippen MR) is 101 cm³/mol. The standard InChI is InChI=1S/C20H18N4O/c1-13-17(15-7-8-18-19(9-15)24-20(25)23-18)10-16(12-21-13)22-11-14-5-3-2-4-6-14/h2-10,12,22H,11H2,1H3,(H2,23,24,25). The number of aryl methyl sites for hydroxylation is 1. The molecule has 0 saturated carbocycles. The summed E-state index contributed by atoms with van der Waals surface area (Å²) in [6.45, 7) is 2.73. The molecule has 5 heteroatoms. The number of fused-ring (bicyclic) bond motifs is 1. The van der Waals surface area contributed by atoms with E-state index in [9.17, 15) is 4.79 Å². The van der Waals surface area contributed by atoms with Crippen LogP contribution in [0.4, 0.5) is 5.69 Å². The Bertz CT molecular complexity index is 1080. The van der Waals surface area contributed by atoms with Crippen LogP contribution in [0, 0.1) is 6.92 Å². The minimum Gasteiger partial charge on any atom is -0.380 e. The lowest BCUT2D eigenvalue weighted by molar-refractivity contribution is 1.12. The van der Waals surface area contributed by atoms with Crippen molar-refractivity contribution in [3.05, 3.63) is 82.5 Å². The highest BCUT2D eigenvalue weighted by molar-refractivity contribution is 5.82. The predicted octanol–water partition coefficient (Wildman–Crippen LogP) is 3.84. The lowest BCUT2D eigenvalue weighted by atomic mass is 10.0. The van der Waals surface area contributed by atoms with E-state index < -0.39 is 0 Å². The van der Waals surface area contributed by atoms with Crippen LogP contribution in [-0.2, 0) is 6.54 Å². The number of nitrogens with zero attached hydrogens (tertiary/aromatic N) is 1. The zero-order valence-electron chi connectivity index (χ0n) is 13.8. The fourth-order valence-electron chi connectivity index (χ4n) is 2.92. The summed E-state index contributed by atoms with van der Waals surface area (Å²) in [4.78, 5) is 21.5. The molecule has 0 unspecified atom stereocenters. The summed E-state index contributed by atoms with van der Waals surface area (Å²) in [5.74, 6) is 0. The summed E-state index contributed by atoms with van der Waals surface area (Å²) in [6, 6.07) is 18.2. The molecule has 25 heavy (non-hydrogen) atoms. The van der Waals surface area contributed by atoms with Crippen molar-refractivity contribution < 1.29 is 0 Å². The average molecular weight is 330 g/mol. The van der Waals surface area contributed by atoms with Crippen LogP contribution in [0.5, 0.6) is 0 Å². The first-order chi connectivity index (χ1) is 12.2. The van der Waals surface area contributed by atoms with E-state index in [4.69, 9.17) is 0 Å². The Hall–Kier alpha value is -3.34. The molecule has 0 aliphatic heterocycles. The van der Waals surface area contributed by atoms with Crippen molar-refractivity contribution in [2.45, 2.75) is 13.5 Å². The van der Waals surface area contributed by atoms with Gasteiger partial charge in [0.25, 0.3) is 0 Å². The number of hydrogen-bond donors (Lipinski definition) is 3. The van der Waals surface area contributed by atoms with E-state index >= 15 is 0 Å². The molecule has 4 rings (SSSR count). The van der Waals surface area contributed by atoms with Gasteiger partial charge >= 0.3 is 5.69 Å². The molecule has 5 nitrogen and oxygen atoms in total. The third-order valence-electron chi connectivity index (χ3n) is 4.25. The smallest absolute Gasteiger partial charge is 0.323 e. The summed E-state index contributed by atoms with van der Waals surface area (Å²) < 4.78 is 0. The van der Waals surface area contributed by atoms with E-state index in [0.717, 1.165) is 40.1 Å². The van der Waals surface area contributed by atoms with Crippen LogP contribution in [0.2, 0.25) is 0 Å². The SMILES string of the molecule is Cc1ncc(NCc2ccccc2)cc1-c1ccc2[nH]c(=O)[nH]c2c1. The van der Waals surface area contributed by atoms with E-state index in [2.05, 4.69) is 38.5 Å². The maximum absolute atomic E-state index is 11.4. The third-order valence-corrected chi connectivity index (χ3v) is 4.25. The van der Waals surface area contributed by atoms with Crippen molar-refractivity contribution in [3.63, 3.8) is 0 Å². The lowest BCUT2D eigenvalue weighted by Gasteiger charge is -2.11. The summed E-state index contributed by atoms with van der Waals surface area (Å²) in [7, 11) is 0. The molecule has 2 aromatic heterocycles. The Morgan fingerprint density at radius 3 is 2.64 bits per heavy atom. The summed E-state index contributed by atoms with van der Waals surface area (Å²) in [6.07, 6.45) is 1.85. The zero-order valence-corrected chi connectivity index (χ0v) is 13.8. The third kappa shape index (κ3) is 3.17. The molecule has 0 fully saturated rings. The molecule has 0 bridgehead atoms. The Labute approximate surface area is 144 Å². The van der Waals surface area contributed by atoms with Crippen LogP contribution in [0.1, 0.15) is 11.3 Å². The molecule has 0 aliphatic carbocycles. The van der Waals surface area contributed by atoms with Gasteiger partial charge in [-0.15, -0.1) is 0 Å². The van der Waals surface area contributed by atoms with Crippen molar-refractivity contribution in [2.24, 2.45) is 0 Å². The number of aromatic nitrogens is 3. The first kappa shape index (κ1) is 15.2. The largest absolute Gasteiger partial charge is 0.380 e. The van der Waals surface area contributed by atoms with Gasteiger partial charge < -0.3 is 15.3 Å². The maximum atomic E-state index is 11.4. The van der Waals surface area contributed by atoms with Gasteiger partial charge in [0.15, 0.2) is 0 Å². The fraction of sp³-hybridized carbons (Fsp3) is 0.100. The molecule has 0 radical (unpaired) electrons.